The average molecular weight is 228 g/mol. The standard InChI is InChI=1S/C11H13FO4/c1-14-11(13)8-16-10-5-3-2-4-9(10)15-7-6-12/h2-5H,6-8H2,1H3. The molecule has 0 aromatic heterocycles. The molecule has 1 rings (SSSR count). The van der Waals surface area contributed by atoms with Gasteiger partial charge in [-0.2, -0.15) is 0 Å². The van der Waals surface area contributed by atoms with Gasteiger partial charge < -0.3 is 14.2 Å². The van der Waals surface area contributed by atoms with Crippen molar-refractivity contribution in [3.8, 4) is 11.5 Å². The van der Waals surface area contributed by atoms with Gasteiger partial charge in [0.05, 0.1) is 7.11 Å². The Morgan fingerprint density at radius 1 is 1.25 bits per heavy atom. The number of hydrogen-bond donors (Lipinski definition) is 0. The molecular weight excluding hydrogens is 215 g/mol. The van der Waals surface area contributed by atoms with Gasteiger partial charge in [-0.3, -0.25) is 0 Å². The van der Waals surface area contributed by atoms with Crippen LogP contribution in [-0.4, -0.2) is 33.0 Å². The lowest BCUT2D eigenvalue weighted by Gasteiger charge is -2.10. The maximum atomic E-state index is 11.9. The van der Waals surface area contributed by atoms with Crippen LogP contribution in [0, 0.1) is 0 Å². The van der Waals surface area contributed by atoms with Crippen LogP contribution in [0.2, 0.25) is 0 Å². The quantitative estimate of drug-likeness (QED) is 0.693. The Kier molecular flexibility index (Phi) is 5.11. The molecule has 0 aliphatic carbocycles. The zero-order valence-electron chi connectivity index (χ0n) is 8.94. The summed E-state index contributed by atoms with van der Waals surface area (Å²) in [5, 5.41) is 0. The molecule has 0 bridgehead atoms. The number of esters is 1. The van der Waals surface area contributed by atoms with E-state index < -0.39 is 12.6 Å². The highest BCUT2D eigenvalue weighted by Crippen LogP contribution is 2.26. The summed E-state index contributed by atoms with van der Waals surface area (Å²) in [6.45, 7) is -0.823. The molecule has 0 amide bonds. The number of rotatable bonds is 6. The molecule has 0 unspecified atom stereocenters. The summed E-state index contributed by atoms with van der Waals surface area (Å²) in [5.74, 6) is 0.311. The van der Waals surface area contributed by atoms with Crippen molar-refractivity contribution in [1.29, 1.82) is 0 Å². The fraction of sp³-hybridized carbons (Fsp3) is 0.364. The Bertz CT molecular complexity index is 341. The third kappa shape index (κ3) is 3.76. The van der Waals surface area contributed by atoms with Crippen LogP contribution in [0.1, 0.15) is 0 Å². The highest BCUT2D eigenvalue weighted by atomic mass is 19.1. The number of carbonyl (C=O) groups is 1. The van der Waals surface area contributed by atoms with Gasteiger partial charge in [0.2, 0.25) is 0 Å². The molecule has 0 fully saturated rings. The van der Waals surface area contributed by atoms with Gasteiger partial charge in [0.25, 0.3) is 0 Å². The van der Waals surface area contributed by atoms with Gasteiger partial charge in [0, 0.05) is 0 Å². The van der Waals surface area contributed by atoms with E-state index in [-0.39, 0.29) is 13.2 Å². The van der Waals surface area contributed by atoms with Crippen LogP contribution in [0.5, 0.6) is 11.5 Å². The van der Waals surface area contributed by atoms with Gasteiger partial charge in [-0.05, 0) is 12.1 Å². The van der Waals surface area contributed by atoms with Crippen molar-refractivity contribution < 1.29 is 23.4 Å². The molecule has 1 aromatic rings. The topological polar surface area (TPSA) is 44.8 Å². The molecule has 0 atom stereocenters. The lowest BCUT2D eigenvalue weighted by molar-refractivity contribution is -0.142. The second kappa shape index (κ2) is 6.66. The van der Waals surface area contributed by atoms with Crippen LogP contribution >= 0.6 is 0 Å². The second-order valence-electron chi connectivity index (χ2n) is 2.85. The summed E-state index contributed by atoms with van der Waals surface area (Å²) in [6, 6.07) is 6.74. The number of carbonyl (C=O) groups excluding carboxylic acids is 1. The lowest BCUT2D eigenvalue weighted by atomic mass is 10.3. The van der Waals surface area contributed by atoms with E-state index in [4.69, 9.17) is 9.47 Å². The van der Waals surface area contributed by atoms with Crippen molar-refractivity contribution in [2.45, 2.75) is 0 Å². The molecule has 0 heterocycles. The van der Waals surface area contributed by atoms with Gasteiger partial charge in [0.15, 0.2) is 18.1 Å². The first-order valence-electron chi connectivity index (χ1n) is 4.75. The number of ether oxygens (including phenoxy) is 3. The highest BCUT2D eigenvalue weighted by molar-refractivity contribution is 5.71. The average Bonchev–Trinajstić information content (AvgIpc) is 2.34. The molecule has 0 saturated heterocycles. The fourth-order valence-corrected chi connectivity index (χ4v) is 1.03. The Morgan fingerprint density at radius 2 is 1.88 bits per heavy atom. The summed E-state index contributed by atoms with van der Waals surface area (Å²) in [4.78, 5) is 10.9. The Hall–Kier alpha value is -1.78. The summed E-state index contributed by atoms with van der Waals surface area (Å²) < 4.78 is 26.6. The first kappa shape index (κ1) is 12.3. The number of alkyl halides is 1. The summed E-state index contributed by atoms with van der Waals surface area (Å²) in [5.41, 5.74) is 0. The van der Waals surface area contributed by atoms with E-state index in [0.717, 1.165) is 0 Å². The molecule has 88 valence electrons. The van der Waals surface area contributed by atoms with Gasteiger partial charge in [0.1, 0.15) is 13.3 Å². The molecule has 5 heteroatoms. The van der Waals surface area contributed by atoms with Crippen molar-refractivity contribution in [2.24, 2.45) is 0 Å². The maximum Gasteiger partial charge on any atom is 0.343 e. The van der Waals surface area contributed by atoms with Gasteiger partial charge in [-0.25, -0.2) is 9.18 Å². The maximum absolute atomic E-state index is 11.9. The van der Waals surface area contributed by atoms with Gasteiger partial charge >= 0.3 is 5.97 Å². The van der Waals surface area contributed by atoms with Gasteiger partial charge in [-0.1, -0.05) is 12.1 Å². The normalized spacial score (nSPS) is 9.62. The largest absolute Gasteiger partial charge is 0.487 e. The summed E-state index contributed by atoms with van der Waals surface area (Å²) in [6.07, 6.45) is 0. The first-order chi connectivity index (χ1) is 7.77. The van der Waals surface area contributed by atoms with E-state index in [0.29, 0.717) is 11.5 Å². The fourth-order valence-electron chi connectivity index (χ4n) is 1.03. The molecule has 0 N–H and O–H groups in total. The molecule has 0 aliphatic heterocycles. The third-order valence-electron chi connectivity index (χ3n) is 1.76. The van der Waals surface area contributed by atoms with Crippen molar-refractivity contribution in [2.75, 3.05) is 27.0 Å². The van der Waals surface area contributed by atoms with Crippen LogP contribution in [0.3, 0.4) is 0 Å². The van der Waals surface area contributed by atoms with Crippen LogP contribution < -0.4 is 9.47 Å². The van der Waals surface area contributed by atoms with Crippen molar-refractivity contribution in [3.63, 3.8) is 0 Å². The molecule has 0 radical (unpaired) electrons. The van der Waals surface area contributed by atoms with Crippen molar-refractivity contribution in [3.05, 3.63) is 24.3 Å². The van der Waals surface area contributed by atoms with Crippen molar-refractivity contribution >= 4 is 5.97 Å². The monoisotopic (exact) mass is 228 g/mol. The minimum atomic E-state index is -0.578. The number of para-hydroxylation sites is 2. The number of halogens is 1. The number of hydrogen-bond acceptors (Lipinski definition) is 4. The van der Waals surface area contributed by atoms with Crippen LogP contribution in [0.15, 0.2) is 24.3 Å². The van der Waals surface area contributed by atoms with E-state index in [2.05, 4.69) is 4.74 Å². The van der Waals surface area contributed by atoms with E-state index in [1.807, 2.05) is 0 Å². The minimum absolute atomic E-state index is 0.0431. The molecule has 4 nitrogen and oxygen atoms in total. The SMILES string of the molecule is COC(=O)COc1ccccc1OCCF. The zero-order chi connectivity index (χ0) is 11.8. The number of methoxy groups -OCH3 is 1. The van der Waals surface area contributed by atoms with E-state index >= 15 is 0 Å². The van der Waals surface area contributed by atoms with E-state index in [1.165, 1.54) is 7.11 Å². The summed E-state index contributed by atoms with van der Waals surface area (Å²) >= 11 is 0. The lowest BCUT2D eigenvalue weighted by Crippen LogP contribution is -2.13. The molecule has 1 aromatic carbocycles. The molecule has 0 aliphatic rings. The number of benzene rings is 1. The predicted molar refractivity (Wildman–Crippen MR) is 55.4 cm³/mol. The van der Waals surface area contributed by atoms with Gasteiger partial charge in [-0.15, -0.1) is 0 Å². The molecule has 0 saturated carbocycles. The van der Waals surface area contributed by atoms with Crippen LogP contribution in [0.25, 0.3) is 0 Å². The first-order valence-corrected chi connectivity index (χ1v) is 4.75. The molecule has 16 heavy (non-hydrogen) atoms. The third-order valence-corrected chi connectivity index (χ3v) is 1.76. The molecule has 0 spiro atoms. The Balaban J connectivity index is 2.59. The predicted octanol–water partition coefficient (Wildman–Crippen LogP) is 1.59. The van der Waals surface area contributed by atoms with Crippen molar-refractivity contribution in [1.82, 2.24) is 0 Å². The van der Waals surface area contributed by atoms with Crippen LogP contribution in [0.4, 0.5) is 4.39 Å². The summed E-state index contributed by atoms with van der Waals surface area (Å²) in [7, 11) is 1.27. The highest BCUT2D eigenvalue weighted by Gasteiger charge is 2.06. The minimum Gasteiger partial charge on any atom is -0.487 e. The Labute approximate surface area is 92.9 Å². The Morgan fingerprint density at radius 3 is 2.44 bits per heavy atom. The van der Waals surface area contributed by atoms with E-state index in [1.54, 1.807) is 24.3 Å². The van der Waals surface area contributed by atoms with Crippen LogP contribution in [-0.2, 0) is 9.53 Å². The smallest absolute Gasteiger partial charge is 0.343 e. The zero-order valence-corrected chi connectivity index (χ0v) is 8.94. The van der Waals surface area contributed by atoms with E-state index in [9.17, 15) is 9.18 Å². The molecular formula is C11H13FO4. The second-order valence-corrected chi connectivity index (χ2v) is 2.85.